The van der Waals surface area contributed by atoms with Gasteiger partial charge in [0.1, 0.15) is 6.10 Å². The fraction of sp³-hybridized carbons (Fsp3) is 0.448. The minimum Gasteiger partial charge on any atom is -0.368 e. The normalized spacial score (nSPS) is 22.5. The fourth-order valence-electron chi connectivity index (χ4n) is 5.50. The van der Waals surface area contributed by atoms with Crippen molar-refractivity contribution in [3.8, 4) is 0 Å². The van der Waals surface area contributed by atoms with Crippen molar-refractivity contribution in [2.75, 3.05) is 31.6 Å². The second-order valence-electron chi connectivity index (χ2n) is 11.2. The van der Waals surface area contributed by atoms with Crippen molar-refractivity contribution < 1.29 is 19.1 Å². The number of urea groups is 1. The molecule has 1 aliphatic carbocycles. The summed E-state index contributed by atoms with van der Waals surface area (Å²) in [5.74, 6) is -0.187. The predicted octanol–water partition coefficient (Wildman–Crippen LogP) is 2.47. The highest BCUT2D eigenvalue weighted by atomic mass is 16.6. The van der Waals surface area contributed by atoms with Crippen LogP contribution in [0.4, 0.5) is 10.5 Å². The Hall–Kier alpha value is -3.96. The van der Waals surface area contributed by atoms with Crippen molar-refractivity contribution in [3.63, 3.8) is 0 Å². The maximum Gasteiger partial charge on any atom is 0.331 e. The molecule has 3 heterocycles. The molecular formula is C29H33N5O6. The summed E-state index contributed by atoms with van der Waals surface area (Å²) in [6.07, 6.45) is 1.98. The number of carbonyl (C=O) groups excluding carboxylic acids is 2. The number of carbonyl (C=O) groups is 2. The van der Waals surface area contributed by atoms with E-state index in [4.69, 9.17) is 15.2 Å². The number of amides is 3. The number of benzene rings is 2. The Bertz CT molecular complexity index is 1620. The highest BCUT2D eigenvalue weighted by molar-refractivity contribution is 5.99. The van der Waals surface area contributed by atoms with Crippen molar-refractivity contribution in [1.29, 1.82) is 0 Å². The van der Waals surface area contributed by atoms with Crippen LogP contribution in [0.5, 0.6) is 0 Å². The first kappa shape index (κ1) is 26.3. The standard InChI is InChI=1S/C29H33N5O6/c1-17(2)34-23-9-8-20(13-22(23)25(35)33(28(34)38)14-18-6-7-18)29(16-32(27(30)37)10-11-40-29)26(36)31-21-5-3-4-19(12-21)24-15-39-24/h3-5,8-9,12-13,17-18,24H,6-7,10-11,14-16H2,1-2H3,(H2,30,37)(H,31,36). The number of fused-ring (bicyclic) bond motifs is 1. The summed E-state index contributed by atoms with van der Waals surface area (Å²) >= 11 is 0. The number of aromatic nitrogens is 2. The van der Waals surface area contributed by atoms with Crippen molar-refractivity contribution in [2.45, 2.75) is 51.0 Å². The van der Waals surface area contributed by atoms with Crippen LogP contribution in [-0.4, -0.2) is 52.3 Å². The molecule has 0 spiro atoms. The van der Waals surface area contributed by atoms with Crippen molar-refractivity contribution in [1.82, 2.24) is 14.0 Å². The van der Waals surface area contributed by atoms with Crippen LogP contribution in [0.1, 0.15) is 50.0 Å². The van der Waals surface area contributed by atoms with E-state index in [1.165, 1.54) is 9.47 Å². The van der Waals surface area contributed by atoms with Gasteiger partial charge in [-0.05, 0) is 68.0 Å². The lowest BCUT2D eigenvalue weighted by atomic mass is 9.89. The van der Waals surface area contributed by atoms with Gasteiger partial charge in [-0.15, -0.1) is 0 Å². The molecule has 3 amide bonds. The van der Waals surface area contributed by atoms with E-state index >= 15 is 0 Å². The van der Waals surface area contributed by atoms with Gasteiger partial charge in [0.2, 0.25) is 0 Å². The van der Waals surface area contributed by atoms with Crippen LogP contribution in [-0.2, 0) is 26.4 Å². The molecule has 2 aromatic carbocycles. The molecule has 3 fully saturated rings. The number of hydrogen-bond acceptors (Lipinski definition) is 6. The Balaban J connectivity index is 1.48. The van der Waals surface area contributed by atoms with Gasteiger partial charge < -0.3 is 25.4 Å². The lowest BCUT2D eigenvalue weighted by molar-refractivity contribution is -0.153. The van der Waals surface area contributed by atoms with Crippen LogP contribution >= 0.6 is 0 Å². The molecular weight excluding hydrogens is 514 g/mol. The number of rotatable bonds is 7. The van der Waals surface area contributed by atoms with Crippen LogP contribution in [0.15, 0.2) is 52.1 Å². The summed E-state index contributed by atoms with van der Waals surface area (Å²) in [5, 5.41) is 3.26. The minimum absolute atomic E-state index is 0.0129. The number of morpholine rings is 1. The molecule has 1 saturated carbocycles. The molecule has 3 aromatic rings. The van der Waals surface area contributed by atoms with E-state index in [0.717, 1.165) is 18.4 Å². The van der Waals surface area contributed by atoms with Gasteiger partial charge >= 0.3 is 11.7 Å². The third-order valence-electron chi connectivity index (χ3n) is 7.94. The largest absolute Gasteiger partial charge is 0.368 e. The van der Waals surface area contributed by atoms with Crippen molar-refractivity contribution >= 4 is 28.5 Å². The summed E-state index contributed by atoms with van der Waals surface area (Å²) in [6.45, 7) is 4.95. The molecule has 0 bridgehead atoms. The summed E-state index contributed by atoms with van der Waals surface area (Å²) < 4.78 is 14.5. The van der Waals surface area contributed by atoms with E-state index < -0.39 is 23.1 Å². The van der Waals surface area contributed by atoms with Crippen LogP contribution in [0.25, 0.3) is 10.9 Å². The topological polar surface area (TPSA) is 141 Å². The molecule has 2 unspecified atom stereocenters. The maximum absolute atomic E-state index is 14.0. The second-order valence-corrected chi connectivity index (χ2v) is 11.2. The Kier molecular flexibility index (Phi) is 6.50. The predicted molar refractivity (Wildman–Crippen MR) is 148 cm³/mol. The first-order valence-electron chi connectivity index (χ1n) is 13.7. The monoisotopic (exact) mass is 547 g/mol. The first-order chi connectivity index (χ1) is 19.2. The summed E-state index contributed by atoms with van der Waals surface area (Å²) in [4.78, 5) is 54.6. The highest BCUT2D eigenvalue weighted by Crippen LogP contribution is 2.35. The third kappa shape index (κ3) is 4.69. The second kappa shape index (κ2) is 9.90. The zero-order valence-electron chi connectivity index (χ0n) is 22.6. The van der Waals surface area contributed by atoms with Crippen molar-refractivity contribution in [3.05, 3.63) is 74.4 Å². The summed E-state index contributed by atoms with van der Waals surface area (Å²) in [5.41, 5.74) is 5.63. The zero-order chi connectivity index (χ0) is 28.2. The lowest BCUT2D eigenvalue weighted by Gasteiger charge is -2.41. The number of primary amides is 1. The molecule has 2 saturated heterocycles. The molecule has 210 valence electrons. The Morgan fingerprint density at radius 3 is 2.60 bits per heavy atom. The van der Waals surface area contributed by atoms with E-state index in [1.54, 1.807) is 28.8 Å². The molecule has 3 aliphatic rings. The Labute approximate surface area is 230 Å². The maximum atomic E-state index is 14.0. The highest BCUT2D eigenvalue weighted by Gasteiger charge is 2.47. The average molecular weight is 548 g/mol. The third-order valence-corrected chi connectivity index (χ3v) is 7.94. The number of nitrogens with one attached hydrogen (secondary N) is 1. The van der Waals surface area contributed by atoms with Gasteiger partial charge in [-0.2, -0.15) is 0 Å². The molecule has 11 heteroatoms. The molecule has 2 aliphatic heterocycles. The zero-order valence-corrected chi connectivity index (χ0v) is 22.6. The molecule has 6 rings (SSSR count). The quantitative estimate of drug-likeness (QED) is 0.436. The SMILES string of the molecule is CC(C)n1c(=O)n(CC2CC2)c(=O)c2cc(C3(C(=O)Nc4cccc(C5CO5)c4)CN(C(N)=O)CCO3)ccc21. The van der Waals surface area contributed by atoms with Gasteiger partial charge in [-0.1, -0.05) is 18.2 Å². The van der Waals surface area contributed by atoms with Crippen LogP contribution in [0, 0.1) is 5.92 Å². The number of nitrogens with zero attached hydrogens (tertiary/aromatic N) is 3. The molecule has 1 aromatic heterocycles. The Morgan fingerprint density at radius 1 is 1.15 bits per heavy atom. The number of hydrogen-bond donors (Lipinski definition) is 2. The molecule has 2 atom stereocenters. The Morgan fingerprint density at radius 2 is 1.93 bits per heavy atom. The lowest BCUT2D eigenvalue weighted by Crippen LogP contribution is -2.58. The number of anilines is 1. The number of nitrogens with two attached hydrogens (primary N) is 1. The van der Waals surface area contributed by atoms with Gasteiger partial charge in [-0.25, -0.2) is 9.59 Å². The van der Waals surface area contributed by atoms with E-state index in [-0.39, 0.29) is 37.5 Å². The van der Waals surface area contributed by atoms with Crippen LogP contribution in [0.2, 0.25) is 0 Å². The van der Waals surface area contributed by atoms with E-state index in [1.807, 2.05) is 32.0 Å². The van der Waals surface area contributed by atoms with Crippen LogP contribution in [0.3, 0.4) is 0 Å². The summed E-state index contributed by atoms with van der Waals surface area (Å²) in [6, 6.07) is 11.5. The number of ether oxygens (including phenoxy) is 2. The van der Waals surface area contributed by atoms with Gasteiger partial charge in [0.15, 0.2) is 5.60 Å². The van der Waals surface area contributed by atoms with Gasteiger partial charge in [0.05, 0.1) is 30.7 Å². The smallest absolute Gasteiger partial charge is 0.331 e. The summed E-state index contributed by atoms with van der Waals surface area (Å²) in [7, 11) is 0. The first-order valence-corrected chi connectivity index (χ1v) is 13.7. The van der Waals surface area contributed by atoms with Gasteiger partial charge in [0, 0.05) is 24.8 Å². The number of epoxide rings is 1. The van der Waals surface area contributed by atoms with E-state index in [2.05, 4.69) is 5.32 Å². The molecule has 40 heavy (non-hydrogen) atoms. The minimum atomic E-state index is -1.64. The van der Waals surface area contributed by atoms with Crippen molar-refractivity contribution in [2.24, 2.45) is 11.7 Å². The van der Waals surface area contributed by atoms with Gasteiger partial charge in [0.25, 0.3) is 11.5 Å². The van der Waals surface area contributed by atoms with Gasteiger partial charge in [-0.3, -0.25) is 18.7 Å². The molecule has 0 radical (unpaired) electrons. The molecule has 3 N–H and O–H groups in total. The van der Waals surface area contributed by atoms with Crippen LogP contribution < -0.4 is 22.3 Å². The average Bonchev–Trinajstić information content (AvgIpc) is 3.86. The molecule has 11 nitrogen and oxygen atoms in total. The fourth-order valence-corrected chi connectivity index (χ4v) is 5.50. The van der Waals surface area contributed by atoms with E-state index in [0.29, 0.717) is 41.2 Å². The van der Waals surface area contributed by atoms with E-state index in [9.17, 15) is 19.2 Å².